The molecular weight excluding hydrogens is 519 g/mol. The molecule has 1 unspecified atom stereocenters. The van der Waals surface area contributed by atoms with Crippen LogP contribution in [0.3, 0.4) is 0 Å². The van der Waals surface area contributed by atoms with Gasteiger partial charge in [-0.2, -0.15) is 13.2 Å². The van der Waals surface area contributed by atoms with Gasteiger partial charge in [-0.25, -0.2) is 9.78 Å². The Morgan fingerprint density at radius 3 is 2.30 bits per heavy atom. The number of carbonyl (C=O) groups excluding carboxylic acids is 1. The molecule has 0 aliphatic carbocycles. The number of nitrogen functional groups attached to an aromatic ring is 1. The highest BCUT2D eigenvalue weighted by molar-refractivity contribution is 5.94. The summed E-state index contributed by atoms with van der Waals surface area (Å²) >= 11 is 0. The third-order valence-electron chi connectivity index (χ3n) is 6.41. The SMILES string of the molecule is COC(=O)c1ccc(-c2cc(-c3ccc(CN(C)C)cc3)cnc2N)cc1OC(C)c1ccccc1C(F)(F)F. The minimum Gasteiger partial charge on any atom is -0.485 e. The van der Waals surface area contributed by atoms with Crippen LogP contribution < -0.4 is 10.5 Å². The minimum absolute atomic E-state index is 0.0582. The summed E-state index contributed by atoms with van der Waals surface area (Å²) in [5, 5.41) is 0. The fraction of sp³-hybridized carbons (Fsp3) is 0.226. The molecule has 0 radical (unpaired) electrons. The molecule has 0 amide bonds. The maximum Gasteiger partial charge on any atom is 0.416 e. The topological polar surface area (TPSA) is 77.7 Å². The first-order valence-electron chi connectivity index (χ1n) is 12.5. The number of ether oxygens (including phenoxy) is 2. The molecule has 9 heteroatoms. The molecule has 3 aromatic carbocycles. The minimum atomic E-state index is -4.56. The van der Waals surface area contributed by atoms with Crippen LogP contribution in [0.5, 0.6) is 5.75 Å². The van der Waals surface area contributed by atoms with Gasteiger partial charge in [0.15, 0.2) is 0 Å². The molecule has 0 fully saturated rings. The van der Waals surface area contributed by atoms with Gasteiger partial charge in [-0.1, -0.05) is 48.5 Å². The number of pyridine rings is 1. The average molecular weight is 550 g/mol. The molecule has 0 aliphatic rings. The number of alkyl halides is 3. The summed E-state index contributed by atoms with van der Waals surface area (Å²) in [6.07, 6.45) is -3.92. The summed E-state index contributed by atoms with van der Waals surface area (Å²) in [5.41, 5.74) is 9.54. The van der Waals surface area contributed by atoms with E-state index in [2.05, 4.69) is 9.88 Å². The van der Waals surface area contributed by atoms with E-state index in [0.717, 1.165) is 23.7 Å². The second-order valence-electron chi connectivity index (χ2n) is 9.64. The number of esters is 1. The van der Waals surface area contributed by atoms with Crippen molar-refractivity contribution in [1.29, 1.82) is 0 Å². The average Bonchev–Trinajstić information content (AvgIpc) is 2.92. The third kappa shape index (κ3) is 6.43. The van der Waals surface area contributed by atoms with Gasteiger partial charge in [0.2, 0.25) is 0 Å². The highest BCUT2D eigenvalue weighted by Gasteiger charge is 2.35. The van der Waals surface area contributed by atoms with E-state index in [1.807, 2.05) is 44.4 Å². The highest BCUT2D eigenvalue weighted by Crippen LogP contribution is 2.38. The molecule has 1 heterocycles. The van der Waals surface area contributed by atoms with Crippen LogP contribution in [-0.2, 0) is 17.5 Å². The lowest BCUT2D eigenvalue weighted by Gasteiger charge is -2.21. The predicted octanol–water partition coefficient (Wildman–Crippen LogP) is 7.00. The van der Waals surface area contributed by atoms with Crippen LogP contribution in [-0.4, -0.2) is 37.1 Å². The van der Waals surface area contributed by atoms with Crippen molar-refractivity contribution in [2.24, 2.45) is 0 Å². The van der Waals surface area contributed by atoms with Gasteiger partial charge in [0.25, 0.3) is 0 Å². The predicted molar refractivity (Wildman–Crippen MR) is 149 cm³/mol. The Balaban J connectivity index is 1.73. The van der Waals surface area contributed by atoms with Crippen molar-refractivity contribution in [2.75, 3.05) is 26.9 Å². The summed E-state index contributed by atoms with van der Waals surface area (Å²) in [4.78, 5) is 19.0. The maximum atomic E-state index is 13.6. The van der Waals surface area contributed by atoms with E-state index < -0.39 is 23.8 Å². The van der Waals surface area contributed by atoms with E-state index in [1.165, 1.54) is 43.9 Å². The van der Waals surface area contributed by atoms with Gasteiger partial charge in [0.1, 0.15) is 23.2 Å². The summed E-state index contributed by atoms with van der Waals surface area (Å²) in [6.45, 7) is 2.31. The zero-order valence-corrected chi connectivity index (χ0v) is 22.6. The van der Waals surface area contributed by atoms with Crippen LogP contribution in [0.25, 0.3) is 22.3 Å². The Kier molecular flexibility index (Phi) is 8.44. The molecule has 0 bridgehead atoms. The van der Waals surface area contributed by atoms with E-state index in [1.54, 1.807) is 18.3 Å². The van der Waals surface area contributed by atoms with E-state index in [-0.39, 0.29) is 22.7 Å². The molecule has 4 rings (SSSR count). The summed E-state index contributed by atoms with van der Waals surface area (Å²) in [5.74, 6) is -0.373. The molecule has 2 N–H and O–H groups in total. The Bertz CT molecular complexity index is 1500. The van der Waals surface area contributed by atoms with Crippen molar-refractivity contribution in [3.63, 3.8) is 0 Å². The van der Waals surface area contributed by atoms with E-state index in [4.69, 9.17) is 15.2 Å². The standard InChI is InChI=1S/C31H30F3N3O3/c1-19(24-7-5-6-8-27(24)31(32,33)34)40-28-16-22(13-14-25(28)30(38)39-4)26-15-23(17-36-29(26)35)21-11-9-20(10-12-21)18-37(2)3/h5-17,19H,18H2,1-4H3,(H2,35,36). The highest BCUT2D eigenvalue weighted by atomic mass is 19.4. The Morgan fingerprint density at radius 2 is 1.65 bits per heavy atom. The molecule has 0 saturated heterocycles. The Labute approximate surface area is 231 Å². The smallest absolute Gasteiger partial charge is 0.416 e. The number of methoxy groups -OCH3 is 1. The van der Waals surface area contributed by atoms with Gasteiger partial charge < -0.3 is 20.1 Å². The van der Waals surface area contributed by atoms with Gasteiger partial charge in [-0.05, 0) is 62.0 Å². The quantitative estimate of drug-likeness (QED) is 0.238. The van der Waals surface area contributed by atoms with Crippen LogP contribution in [0.15, 0.2) is 79.0 Å². The molecule has 40 heavy (non-hydrogen) atoms. The first-order valence-corrected chi connectivity index (χ1v) is 12.5. The zero-order valence-electron chi connectivity index (χ0n) is 22.6. The Hall–Kier alpha value is -4.37. The maximum absolute atomic E-state index is 13.6. The first-order chi connectivity index (χ1) is 19.0. The van der Waals surface area contributed by atoms with Crippen molar-refractivity contribution in [3.05, 3.63) is 101 Å². The van der Waals surface area contributed by atoms with Crippen molar-refractivity contribution in [1.82, 2.24) is 9.88 Å². The zero-order chi connectivity index (χ0) is 29.0. The fourth-order valence-electron chi connectivity index (χ4n) is 4.46. The molecule has 6 nitrogen and oxygen atoms in total. The van der Waals surface area contributed by atoms with Gasteiger partial charge in [0, 0.05) is 29.4 Å². The van der Waals surface area contributed by atoms with Crippen molar-refractivity contribution < 1.29 is 27.4 Å². The number of hydrogen-bond acceptors (Lipinski definition) is 6. The number of hydrogen-bond donors (Lipinski definition) is 1. The number of nitrogens with zero attached hydrogens (tertiary/aromatic N) is 2. The van der Waals surface area contributed by atoms with E-state index in [0.29, 0.717) is 11.1 Å². The lowest BCUT2D eigenvalue weighted by Crippen LogP contribution is -2.15. The van der Waals surface area contributed by atoms with Crippen molar-refractivity contribution in [2.45, 2.75) is 25.7 Å². The second kappa shape index (κ2) is 11.8. The lowest BCUT2D eigenvalue weighted by atomic mass is 9.98. The van der Waals surface area contributed by atoms with Crippen LogP contribution in [0, 0.1) is 0 Å². The first kappa shape index (κ1) is 28.6. The monoisotopic (exact) mass is 549 g/mol. The molecule has 1 atom stereocenters. The van der Waals surface area contributed by atoms with E-state index >= 15 is 0 Å². The van der Waals surface area contributed by atoms with Crippen LogP contribution in [0.1, 0.15) is 40.1 Å². The number of halogens is 3. The number of aromatic nitrogens is 1. The summed E-state index contributed by atoms with van der Waals surface area (Å²) < 4.78 is 51.8. The van der Waals surface area contributed by atoms with Gasteiger partial charge in [-0.15, -0.1) is 0 Å². The van der Waals surface area contributed by atoms with Crippen LogP contribution >= 0.6 is 0 Å². The van der Waals surface area contributed by atoms with Gasteiger partial charge in [0.05, 0.1) is 12.7 Å². The molecule has 1 aromatic heterocycles. The summed E-state index contributed by atoms with van der Waals surface area (Å²) in [6, 6.07) is 19.9. The number of nitrogens with two attached hydrogens (primary N) is 1. The van der Waals surface area contributed by atoms with E-state index in [9.17, 15) is 18.0 Å². The summed E-state index contributed by atoms with van der Waals surface area (Å²) in [7, 11) is 5.23. The number of carbonyl (C=O) groups is 1. The molecule has 208 valence electrons. The lowest BCUT2D eigenvalue weighted by molar-refractivity contribution is -0.139. The number of benzene rings is 3. The second-order valence-corrected chi connectivity index (χ2v) is 9.64. The number of rotatable bonds is 8. The molecule has 4 aromatic rings. The molecule has 0 saturated carbocycles. The largest absolute Gasteiger partial charge is 0.485 e. The van der Waals surface area contributed by atoms with Crippen molar-refractivity contribution >= 4 is 11.8 Å². The normalized spacial score (nSPS) is 12.3. The molecule has 0 aliphatic heterocycles. The Morgan fingerprint density at radius 1 is 0.975 bits per heavy atom. The number of anilines is 1. The van der Waals surface area contributed by atoms with Crippen LogP contribution in [0.4, 0.5) is 19.0 Å². The molecule has 0 spiro atoms. The fourth-order valence-corrected chi connectivity index (χ4v) is 4.46. The van der Waals surface area contributed by atoms with Gasteiger partial charge in [-0.3, -0.25) is 0 Å². The third-order valence-corrected chi connectivity index (χ3v) is 6.41. The molecular formula is C31H30F3N3O3. The van der Waals surface area contributed by atoms with Gasteiger partial charge >= 0.3 is 12.1 Å². The van der Waals surface area contributed by atoms with Crippen molar-refractivity contribution in [3.8, 4) is 28.0 Å². The van der Waals surface area contributed by atoms with Crippen LogP contribution in [0.2, 0.25) is 0 Å².